The van der Waals surface area contributed by atoms with Gasteiger partial charge in [-0.2, -0.15) is 0 Å². The van der Waals surface area contributed by atoms with Crippen LogP contribution < -0.4 is 5.32 Å². The summed E-state index contributed by atoms with van der Waals surface area (Å²) in [5.41, 5.74) is 3.39. The lowest BCUT2D eigenvalue weighted by atomic mass is 9.83. The lowest BCUT2D eigenvalue weighted by Crippen LogP contribution is -2.48. The Morgan fingerprint density at radius 2 is 2.00 bits per heavy atom. The van der Waals surface area contributed by atoms with Gasteiger partial charge in [0.25, 0.3) is 0 Å². The average Bonchev–Trinajstić information content (AvgIpc) is 2.80. The summed E-state index contributed by atoms with van der Waals surface area (Å²) in [4.78, 5) is 28.6. The number of carbonyl (C=O) groups excluding carboxylic acids is 1. The number of hydrogen-bond acceptors (Lipinski definition) is 6. The van der Waals surface area contributed by atoms with Crippen LogP contribution in [-0.4, -0.2) is 105 Å². The van der Waals surface area contributed by atoms with E-state index in [9.17, 15) is 4.79 Å². The van der Waals surface area contributed by atoms with Gasteiger partial charge in [-0.1, -0.05) is 25.1 Å². The third-order valence-corrected chi connectivity index (χ3v) is 6.99. The molecular formula is C26H38N6O. The fourth-order valence-corrected chi connectivity index (χ4v) is 5.32. The maximum Gasteiger partial charge on any atom is 0.234 e. The third-order valence-electron chi connectivity index (χ3n) is 6.99. The van der Waals surface area contributed by atoms with Crippen LogP contribution in [0.2, 0.25) is 0 Å². The van der Waals surface area contributed by atoms with E-state index in [1.54, 1.807) is 7.05 Å². The zero-order valence-electron chi connectivity index (χ0n) is 20.3. The summed E-state index contributed by atoms with van der Waals surface area (Å²) in [6.07, 6.45) is 4.86. The molecule has 4 rings (SSSR count). The highest BCUT2D eigenvalue weighted by Crippen LogP contribution is 2.34. The van der Waals surface area contributed by atoms with Crippen LogP contribution in [0.5, 0.6) is 0 Å². The molecule has 1 aromatic carbocycles. The van der Waals surface area contributed by atoms with Crippen molar-refractivity contribution in [3.63, 3.8) is 0 Å². The van der Waals surface area contributed by atoms with Crippen molar-refractivity contribution in [2.45, 2.75) is 19.3 Å². The number of hydrogen-bond donors (Lipinski definition) is 1. The van der Waals surface area contributed by atoms with Crippen LogP contribution in [0.15, 0.2) is 35.5 Å². The number of amides is 1. The number of rotatable bonds is 7. The van der Waals surface area contributed by atoms with Gasteiger partial charge in [0, 0.05) is 82.8 Å². The van der Waals surface area contributed by atoms with E-state index in [2.05, 4.69) is 62.2 Å². The summed E-state index contributed by atoms with van der Waals surface area (Å²) in [6.45, 7) is 10.7. The molecule has 7 heteroatoms. The molecule has 0 saturated carbocycles. The molecule has 0 radical (unpaired) electrons. The van der Waals surface area contributed by atoms with Crippen LogP contribution in [0.1, 0.15) is 30.4 Å². The molecule has 0 aliphatic carbocycles. The van der Waals surface area contributed by atoms with E-state index >= 15 is 0 Å². The number of likely N-dealkylation sites (N-methyl/N-ethyl adjacent to an activating group) is 1. The number of benzene rings is 1. The second-order valence-corrected chi connectivity index (χ2v) is 9.76. The first-order valence-electron chi connectivity index (χ1n) is 12.2. The summed E-state index contributed by atoms with van der Waals surface area (Å²) < 4.78 is 0. The highest BCUT2D eigenvalue weighted by Gasteiger charge is 2.28. The number of carbonyl (C=O) groups is 1. The molecule has 7 nitrogen and oxygen atoms in total. The lowest BCUT2D eigenvalue weighted by Gasteiger charge is -2.37. The zero-order valence-corrected chi connectivity index (χ0v) is 20.3. The normalized spacial score (nSPS) is 23.4. The quantitative estimate of drug-likeness (QED) is 0.655. The molecule has 0 spiro atoms. The van der Waals surface area contributed by atoms with E-state index < -0.39 is 0 Å². The Kier molecular flexibility index (Phi) is 8.06. The molecule has 3 heterocycles. The van der Waals surface area contributed by atoms with Crippen molar-refractivity contribution in [2.24, 2.45) is 10.9 Å². The smallest absolute Gasteiger partial charge is 0.234 e. The first kappa shape index (κ1) is 23.8. The Hall–Kier alpha value is -2.35. The summed E-state index contributed by atoms with van der Waals surface area (Å²) in [7, 11) is 3.96. The minimum Gasteiger partial charge on any atom is -0.354 e. The standard InChI is InChI=1S/C26H38N6O/c1-20-15-22(23-7-6-21(16-27-2)26-24(23)5-4-8-29-26)18-32(17-20)19-25(33)28-9-10-31-13-11-30(3)12-14-31/h4-8,16,20,22H,9-15,17-19H2,1-3H3,(H,28,33)/b27-16-/t20-,22-/m1/s1. The molecule has 0 unspecified atom stereocenters. The number of piperidine rings is 1. The number of nitrogens with zero attached hydrogens (tertiary/aromatic N) is 5. The second-order valence-electron chi connectivity index (χ2n) is 9.76. The Bertz CT molecular complexity index is 968. The molecular weight excluding hydrogens is 412 g/mol. The maximum absolute atomic E-state index is 12.7. The Morgan fingerprint density at radius 3 is 2.79 bits per heavy atom. The predicted molar refractivity (Wildman–Crippen MR) is 135 cm³/mol. The first-order valence-corrected chi connectivity index (χ1v) is 12.2. The van der Waals surface area contributed by atoms with Gasteiger partial charge in [0.1, 0.15) is 0 Å². The summed E-state index contributed by atoms with van der Waals surface area (Å²) in [6, 6.07) is 8.54. The van der Waals surface area contributed by atoms with Crippen LogP contribution in [0, 0.1) is 5.92 Å². The van der Waals surface area contributed by atoms with Gasteiger partial charge in [0.15, 0.2) is 0 Å². The maximum atomic E-state index is 12.7. The van der Waals surface area contributed by atoms with E-state index in [1.807, 2.05) is 18.5 Å². The lowest BCUT2D eigenvalue weighted by molar-refractivity contribution is -0.122. The topological polar surface area (TPSA) is 64.1 Å². The molecule has 2 atom stereocenters. The third kappa shape index (κ3) is 6.16. The first-order chi connectivity index (χ1) is 16.0. The Labute approximate surface area is 197 Å². The van der Waals surface area contributed by atoms with Crippen molar-refractivity contribution in [2.75, 3.05) is 73.0 Å². The van der Waals surface area contributed by atoms with Crippen LogP contribution in [0.4, 0.5) is 0 Å². The van der Waals surface area contributed by atoms with Crippen molar-refractivity contribution in [1.82, 2.24) is 25.0 Å². The number of aromatic nitrogens is 1. The number of aliphatic imine (C=N–C) groups is 1. The van der Waals surface area contributed by atoms with Crippen LogP contribution in [0.3, 0.4) is 0 Å². The summed E-state index contributed by atoms with van der Waals surface area (Å²) in [5, 5.41) is 4.35. The van der Waals surface area contributed by atoms with Crippen molar-refractivity contribution in [1.29, 1.82) is 0 Å². The van der Waals surface area contributed by atoms with Gasteiger partial charge >= 0.3 is 0 Å². The van der Waals surface area contributed by atoms with Crippen molar-refractivity contribution >= 4 is 23.0 Å². The molecule has 1 amide bonds. The van der Waals surface area contributed by atoms with Crippen LogP contribution >= 0.6 is 0 Å². The fraction of sp³-hybridized carbons (Fsp3) is 0.577. The van der Waals surface area contributed by atoms with E-state index in [0.29, 0.717) is 18.4 Å². The highest BCUT2D eigenvalue weighted by atomic mass is 16.2. The number of pyridine rings is 1. The Morgan fingerprint density at radius 1 is 1.18 bits per heavy atom. The monoisotopic (exact) mass is 450 g/mol. The molecule has 33 heavy (non-hydrogen) atoms. The van der Waals surface area contributed by atoms with Gasteiger partial charge in [-0.05, 0) is 36.9 Å². The van der Waals surface area contributed by atoms with Gasteiger partial charge in [-0.3, -0.25) is 24.6 Å². The molecule has 178 valence electrons. The number of piperazine rings is 1. The van der Waals surface area contributed by atoms with Gasteiger partial charge in [0.2, 0.25) is 5.91 Å². The summed E-state index contributed by atoms with van der Waals surface area (Å²) in [5.74, 6) is 1.08. The number of likely N-dealkylation sites (tertiary alicyclic amines) is 1. The predicted octanol–water partition coefficient (Wildman–Crippen LogP) is 2.07. The van der Waals surface area contributed by atoms with Gasteiger partial charge < -0.3 is 10.2 Å². The van der Waals surface area contributed by atoms with Gasteiger partial charge in [-0.15, -0.1) is 0 Å². The molecule has 2 aliphatic rings. The molecule has 1 N–H and O–H groups in total. The van der Waals surface area contributed by atoms with Crippen molar-refractivity contribution < 1.29 is 4.79 Å². The summed E-state index contributed by atoms with van der Waals surface area (Å²) >= 11 is 0. The number of nitrogens with one attached hydrogen (secondary N) is 1. The zero-order chi connectivity index (χ0) is 23.2. The SMILES string of the molecule is C/N=C\c1ccc([C@@H]2C[C@@H](C)CN(CC(=O)NCCN3CCN(C)CC3)C2)c2cccnc12. The number of fused-ring (bicyclic) bond motifs is 1. The second kappa shape index (κ2) is 11.2. The minimum atomic E-state index is 0.137. The minimum absolute atomic E-state index is 0.137. The largest absolute Gasteiger partial charge is 0.354 e. The van der Waals surface area contributed by atoms with E-state index in [0.717, 1.165) is 69.9 Å². The van der Waals surface area contributed by atoms with E-state index in [4.69, 9.17) is 0 Å². The highest BCUT2D eigenvalue weighted by molar-refractivity contribution is 5.99. The molecule has 2 aliphatic heterocycles. The van der Waals surface area contributed by atoms with Crippen molar-refractivity contribution in [3.8, 4) is 0 Å². The molecule has 1 aromatic heterocycles. The van der Waals surface area contributed by atoms with Gasteiger partial charge in [0.05, 0.1) is 12.1 Å². The Balaban J connectivity index is 1.36. The van der Waals surface area contributed by atoms with Crippen LogP contribution in [-0.2, 0) is 4.79 Å². The fourth-order valence-electron chi connectivity index (χ4n) is 5.32. The molecule has 2 aromatic rings. The molecule has 0 bridgehead atoms. The van der Waals surface area contributed by atoms with E-state index in [-0.39, 0.29) is 5.91 Å². The van der Waals surface area contributed by atoms with Crippen LogP contribution in [0.25, 0.3) is 10.9 Å². The molecule has 2 fully saturated rings. The van der Waals surface area contributed by atoms with Gasteiger partial charge in [-0.25, -0.2) is 0 Å². The average molecular weight is 451 g/mol. The van der Waals surface area contributed by atoms with E-state index in [1.165, 1.54) is 10.9 Å². The van der Waals surface area contributed by atoms with Crippen molar-refractivity contribution in [3.05, 3.63) is 41.6 Å². The molecule has 2 saturated heterocycles.